The molecule has 1 fully saturated rings. The number of nitrogens with zero attached hydrogens (tertiary/aromatic N) is 3. The number of ether oxygens (including phenoxy) is 1. The van der Waals surface area contributed by atoms with E-state index < -0.39 is 0 Å². The number of piperazine rings is 1. The number of carbonyl (C=O) groups excluding carboxylic acids is 2. The molecule has 6 nitrogen and oxygen atoms in total. The fourth-order valence-corrected chi connectivity index (χ4v) is 5.67. The summed E-state index contributed by atoms with van der Waals surface area (Å²) in [4.78, 5) is 33.2. The van der Waals surface area contributed by atoms with Gasteiger partial charge in [0.05, 0.1) is 13.2 Å². The molecule has 0 radical (unpaired) electrons. The van der Waals surface area contributed by atoms with E-state index in [4.69, 9.17) is 4.74 Å². The summed E-state index contributed by atoms with van der Waals surface area (Å²) in [6, 6.07) is 38.6. The second-order valence-electron chi connectivity index (χ2n) is 10.7. The van der Waals surface area contributed by atoms with Crippen LogP contribution in [0.1, 0.15) is 39.5 Å². The first-order valence-corrected chi connectivity index (χ1v) is 14.7. The van der Waals surface area contributed by atoms with Gasteiger partial charge in [0, 0.05) is 51.3 Å². The van der Waals surface area contributed by atoms with Crippen molar-refractivity contribution in [1.29, 1.82) is 0 Å². The molecule has 0 aliphatic carbocycles. The standard InChI is InChI=1S/C36H39N3O3/c1-42-33-19-11-18-32(28-33)36(41)39(22-20-29-12-5-2-6-13-29)23-21-34(40)37-24-26-38(27-25-37)35(30-14-7-3-8-15-30)31-16-9-4-10-17-31/h2-19,28,35H,20-27H2,1H3. The Hall–Kier alpha value is -4.42. The fraction of sp³-hybridized carbons (Fsp3) is 0.278. The number of carbonyl (C=O) groups is 2. The summed E-state index contributed by atoms with van der Waals surface area (Å²) >= 11 is 0. The Labute approximate surface area is 249 Å². The van der Waals surface area contributed by atoms with Crippen LogP contribution in [0.2, 0.25) is 0 Å². The second-order valence-corrected chi connectivity index (χ2v) is 10.7. The third kappa shape index (κ3) is 7.45. The van der Waals surface area contributed by atoms with Crippen molar-refractivity contribution in [2.75, 3.05) is 46.4 Å². The maximum Gasteiger partial charge on any atom is 0.254 e. The number of hydrogen-bond donors (Lipinski definition) is 0. The van der Waals surface area contributed by atoms with Gasteiger partial charge in [-0.25, -0.2) is 0 Å². The highest BCUT2D eigenvalue weighted by Gasteiger charge is 2.28. The Kier molecular flexibility index (Phi) is 10.0. The number of rotatable bonds is 11. The highest BCUT2D eigenvalue weighted by molar-refractivity contribution is 5.95. The highest BCUT2D eigenvalue weighted by Crippen LogP contribution is 2.29. The van der Waals surface area contributed by atoms with Crippen molar-refractivity contribution in [1.82, 2.24) is 14.7 Å². The molecule has 6 heteroatoms. The third-order valence-corrected chi connectivity index (χ3v) is 7.98. The SMILES string of the molecule is COc1cccc(C(=O)N(CCC(=O)N2CCN(C(c3ccccc3)c3ccccc3)CC2)CCc2ccccc2)c1. The molecule has 5 rings (SSSR count). The van der Waals surface area contributed by atoms with Gasteiger partial charge >= 0.3 is 0 Å². The van der Waals surface area contributed by atoms with E-state index in [0.717, 1.165) is 25.1 Å². The Morgan fingerprint density at radius 1 is 0.738 bits per heavy atom. The van der Waals surface area contributed by atoms with Gasteiger partial charge in [0.1, 0.15) is 5.75 Å². The zero-order valence-corrected chi connectivity index (χ0v) is 24.3. The molecule has 0 spiro atoms. The molecule has 0 unspecified atom stereocenters. The predicted octanol–water partition coefficient (Wildman–Crippen LogP) is 5.70. The van der Waals surface area contributed by atoms with E-state index >= 15 is 0 Å². The first-order chi connectivity index (χ1) is 20.6. The van der Waals surface area contributed by atoms with Gasteiger partial charge in [-0.2, -0.15) is 0 Å². The summed E-state index contributed by atoms with van der Waals surface area (Å²) in [5, 5.41) is 0. The zero-order chi connectivity index (χ0) is 29.1. The summed E-state index contributed by atoms with van der Waals surface area (Å²) in [6.45, 7) is 3.84. The number of benzene rings is 4. The van der Waals surface area contributed by atoms with Gasteiger partial charge in [0.25, 0.3) is 5.91 Å². The lowest BCUT2D eigenvalue weighted by Gasteiger charge is -2.40. The van der Waals surface area contributed by atoms with Gasteiger partial charge in [-0.05, 0) is 41.3 Å². The van der Waals surface area contributed by atoms with E-state index in [1.165, 1.54) is 11.1 Å². The van der Waals surface area contributed by atoms with Crippen molar-refractivity contribution in [3.8, 4) is 5.75 Å². The normalized spacial score (nSPS) is 13.6. The monoisotopic (exact) mass is 561 g/mol. The second kappa shape index (κ2) is 14.5. The van der Waals surface area contributed by atoms with Gasteiger partial charge in [-0.1, -0.05) is 97.1 Å². The maximum absolute atomic E-state index is 13.5. The molecule has 0 N–H and O–H groups in total. The van der Waals surface area contributed by atoms with Crippen molar-refractivity contribution in [2.45, 2.75) is 18.9 Å². The van der Waals surface area contributed by atoms with E-state index in [0.29, 0.717) is 43.9 Å². The summed E-state index contributed by atoms with van der Waals surface area (Å²) in [7, 11) is 1.59. The van der Waals surface area contributed by atoms with Gasteiger partial charge in [0.15, 0.2) is 0 Å². The van der Waals surface area contributed by atoms with Crippen LogP contribution >= 0.6 is 0 Å². The molecule has 1 saturated heterocycles. The molecule has 0 bridgehead atoms. The lowest BCUT2D eigenvalue weighted by atomic mass is 9.96. The van der Waals surface area contributed by atoms with Crippen LogP contribution in [0.5, 0.6) is 5.75 Å². The quantitative estimate of drug-likeness (QED) is 0.236. The van der Waals surface area contributed by atoms with Crippen LogP contribution in [-0.4, -0.2) is 72.9 Å². The molecule has 1 aliphatic heterocycles. The minimum absolute atomic E-state index is 0.0870. The molecule has 0 saturated carbocycles. The van der Waals surface area contributed by atoms with Crippen LogP contribution in [0.25, 0.3) is 0 Å². The van der Waals surface area contributed by atoms with Gasteiger partial charge in [-0.15, -0.1) is 0 Å². The topological polar surface area (TPSA) is 53.1 Å². The van der Waals surface area contributed by atoms with Crippen LogP contribution in [0.15, 0.2) is 115 Å². The molecule has 1 aliphatic rings. The molecular formula is C36H39N3O3. The fourth-order valence-electron chi connectivity index (χ4n) is 5.67. The lowest BCUT2D eigenvalue weighted by molar-refractivity contribution is -0.133. The van der Waals surface area contributed by atoms with E-state index in [-0.39, 0.29) is 17.9 Å². The van der Waals surface area contributed by atoms with E-state index in [2.05, 4.69) is 65.6 Å². The Bertz CT molecular complexity index is 1380. The van der Waals surface area contributed by atoms with Crippen LogP contribution in [0, 0.1) is 0 Å². The van der Waals surface area contributed by atoms with Crippen molar-refractivity contribution in [3.63, 3.8) is 0 Å². The largest absolute Gasteiger partial charge is 0.497 e. The van der Waals surface area contributed by atoms with Crippen LogP contribution in [-0.2, 0) is 11.2 Å². The third-order valence-electron chi connectivity index (χ3n) is 7.98. The summed E-state index contributed by atoms with van der Waals surface area (Å²) in [5.41, 5.74) is 4.24. The molecule has 42 heavy (non-hydrogen) atoms. The molecule has 1 heterocycles. The minimum atomic E-state index is -0.0870. The van der Waals surface area contributed by atoms with Crippen LogP contribution in [0.4, 0.5) is 0 Å². The van der Waals surface area contributed by atoms with Crippen molar-refractivity contribution >= 4 is 11.8 Å². The average Bonchev–Trinajstić information content (AvgIpc) is 3.06. The predicted molar refractivity (Wildman–Crippen MR) is 167 cm³/mol. The number of methoxy groups -OCH3 is 1. The minimum Gasteiger partial charge on any atom is -0.497 e. The summed E-state index contributed by atoms with van der Waals surface area (Å²) in [6.07, 6.45) is 1.02. The average molecular weight is 562 g/mol. The van der Waals surface area contributed by atoms with Gasteiger partial charge in [0.2, 0.25) is 5.91 Å². The molecule has 4 aromatic rings. The Balaban J connectivity index is 1.22. The maximum atomic E-state index is 13.5. The first kappa shape index (κ1) is 29.1. The summed E-state index contributed by atoms with van der Waals surface area (Å²) < 4.78 is 5.34. The number of hydrogen-bond acceptors (Lipinski definition) is 4. The van der Waals surface area contributed by atoms with Crippen molar-refractivity contribution in [2.24, 2.45) is 0 Å². The van der Waals surface area contributed by atoms with Crippen LogP contribution < -0.4 is 4.74 Å². The molecule has 216 valence electrons. The van der Waals surface area contributed by atoms with Crippen molar-refractivity contribution < 1.29 is 14.3 Å². The zero-order valence-electron chi connectivity index (χ0n) is 24.3. The number of amides is 2. The Morgan fingerprint density at radius 3 is 1.93 bits per heavy atom. The van der Waals surface area contributed by atoms with Gasteiger partial charge in [-0.3, -0.25) is 14.5 Å². The smallest absolute Gasteiger partial charge is 0.254 e. The lowest BCUT2D eigenvalue weighted by Crippen LogP contribution is -2.50. The van der Waals surface area contributed by atoms with E-state index in [9.17, 15) is 9.59 Å². The Morgan fingerprint density at radius 2 is 1.33 bits per heavy atom. The van der Waals surface area contributed by atoms with Crippen LogP contribution in [0.3, 0.4) is 0 Å². The molecule has 2 amide bonds. The molecule has 0 atom stereocenters. The van der Waals surface area contributed by atoms with Gasteiger partial charge < -0.3 is 14.5 Å². The highest BCUT2D eigenvalue weighted by atomic mass is 16.5. The molecule has 4 aromatic carbocycles. The van der Waals surface area contributed by atoms with E-state index in [1.54, 1.807) is 24.1 Å². The first-order valence-electron chi connectivity index (χ1n) is 14.7. The summed E-state index contributed by atoms with van der Waals surface area (Å²) in [5.74, 6) is 0.645. The molecule has 0 aromatic heterocycles. The molecular weight excluding hydrogens is 522 g/mol. The van der Waals surface area contributed by atoms with Crippen molar-refractivity contribution in [3.05, 3.63) is 138 Å². The van der Waals surface area contributed by atoms with E-state index in [1.807, 2.05) is 47.4 Å².